The van der Waals surface area contributed by atoms with Crippen LogP contribution in [0.15, 0.2) is 72.9 Å². The molecule has 0 amide bonds. The van der Waals surface area contributed by atoms with Crippen LogP contribution in [-0.4, -0.2) is 9.38 Å². The number of pyridine rings is 2. The van der Waals surface area contributed by atoms with Crippen molar-refractivity contribution in [1.29, 1.82) is 0 Å². The number of hydrogen-bond acceptors (Lipinski definition) is 1. The summed E-state index contributed by atoms with van der Waals surface area (Å²) in [4.78, 5) is 4.79. The van der Waals surface area contributed by atoms with Gasteiger partial charge >= 0.3 is 6.18 Å². The first-order chi connectivity index (χ1) is 16.8. The van der Waals surface area contributed by atoms with Crippen molar-refractivity contribution in [3.05, 3.63) is 84.1 Å². The number of benzene rings is 4. The minimum atomic E-state index is -4.45. The Morgan fingerprint density at radius 1 is 0.800 bits per heavy atom. The zero-order chi connectivity index (χ0) is 24.1. The fourth-order valence-electron chi connectivity index (χ4n) is 5.95. The van der Waals surface area contributed by atoms with E-state index < -0.39 is 11.7 Å². The van der Waals surface area contributed by atoms with E-state index in [0.29, 0.717) is 16.8 Å². The summed E-state index contributed by atoms with van der Waals surface area (Å²) in [6.45, 7) is 4.35. The van der Waals surface area contributed by atoms with Crippen LogP contribution in [0.1, 0.15) is 25.0 Å². The molecule has 3 heterocycles. The molecule has 0 aliphatic carbocycles. The molecule has 3 aromatic heterocycles. The lowest BCUT2D eigenvalue weighted by molar-refractivity contribution is -0.136. The van der Waals surface area contributed by atoms with Crippen LogP contribution < -0.4 is 0 Å². The Balaban J connectivity index is 1.89. The van der Waals surface area contributed by atoms with Crippen LogP contribution in [-0.2, 0) is 12.6 Å². The second-order valence-electron chi connectivity index (χ2n) is 9.82. The molecule has 0 unspecified atom stereocenters. The van der Waals surface area contributed by atoms with Gasteiger partial charge < -0.3 is 4.40 Å². The topological polar surface area (TPSA) is 17.3 Å². The minimum Gasteiger partial charge on any atom is -0.308 e. The molecule has 7 rings (SSSR count). The molecule has 0 bridgehead atoms. The maximum atomic E-state index is 14.2. The zero-order valence-electron chi connectivity index (χ0n) is 19.2. The van der Waals surface area contributed by atoms with E-state index in [0.717, 1.165) is 55.5 Å². The normalized spacial score (nSPS) is 13.1. The lowest BCUT2D eigenvalue weighted by Gasteiger charge is -2.18. The Morgan fingerprint density at radius 3 is 2.43 bits per heavy atom. The first-order valence-electron chi connectivity index (χ1n) is 11.8. The Bertz CT molecular complexity index is 1940. The van der Waals surface area contributed by atoms with Crippen LogP contribution >= 0.6 is 0 Å². The van der Waals surface area contributed by atoms with Crippen LogP contribution in [0, 0.1) is 5.92 Å². The number of halogens is 3. The molecule has 0 saturated carbocycles. The molecule has 5 heteroatoms. The van der Waals surface area contributed by atoms with E-state index in [-0.39, 0.29) is 5.39 Å². The van der Waals surface area contributed by atoms with Crippen LogP contribution in [0.25, 0.3) is 59.8 Å². The zero-order valence-corrected chi connectivity index (χ0v) is 19.2. The molecule has 0 fully saturated rings. The maximum Gasteiger partial charge on any atom is 0.417 e. The summed E-state index contributed by atoms with van der Waals surface area (Å²) in [5.41, 5.74) is 3.73. The molecule has 0 aliphatic heterocycles. The van der Waals surface area contributed by atoms with Crippen molar-refractivity contribution in [3.63, 3.8) is 0 Å². The fraction of sp³-hybridized carbons (Fsp3) is 0.167. The van der Waals surface area contributed by atoms with Crippen molar-refractivity contribution in [1.82, 2.24) is 9.38 Å². The summed E-state index contributed by atoms with van der Waals surface area (Å²) >= 11 is 0. The third-order valence-electron chi connectivity index (χ3n) is 7.20. The van der Waals surface area contributed by atoms with Crippen molar-refractivity contribution in [2.24, 2.45) is 5.92 Å². The van der Waals surface area contributed by atoms with Crippen LogP contribution in [0.2, 0.25) is 0 Å². The number of rotatable bonds is 2. The van der Waals surface area contributed by atoms with Crippen molar-refractivity contribution in [2.75, 3.05) is 0 Å². The van der Waals surface area contributed by atoms with Gasteiger partial charge in [0, 0.05) is 27.7 Å². The van der Waals surface area contributed by atoms with Gasteiger partial charge in [-0.3, -0.25) is 4.98 Å². The minimum absolute atomic E-state index is 0.253. The highest BCUT2D eigenvalue weighted by atomic mass is 19.4. The van der Waals surface area contributed by atoms with Gasteiger partial charge in [-0.15, -0.1) is 0 Å². The molecule has 0 spiro atoms. The highest BCUT2D eigenvalue weighted by Crippen LogP contribution is 2.46. The number of hydrogen-bond donors (Lipinski definition) is 0. The second-order valence-corrected chi connectivity index (χ2v) is 9.82. The first-order valence-corrected chi connectivity index (χ1v) is 11.8. The maximum absolute atomic E-state index is 14.2. The predicted molar refractivity (Wildman–Crippen MR) is 137 cm³/mol. The van der Waals surface area contributed by atoms with E-state index in [1.807, 2.05) is 36.4 Å². The molecular weight excluding hydrogens is 445 g/mol. The van der Waals surface area contributed by atoms with E-state index >= 15 is 0 Å². The largest absolute Gasteiger partial charge is 0.417 e. The summed E-state index contributed by atoms with van der Waals surface area (Å²) in [5.74, 6) is 0.369. The van der Waals surface area contributed by atoms with Crippen molar-refractivity contribution in [2.45, 2.75) is 26.4 Å². The lowest BCUT2D eigenvalue weighted by atomic mass is 9.92. The molecule has 0 saturated heterocycles. The molecule has 172 valence electrons. The molecule has 0 radical (unpaired) electrons. The molecule has 0 atom stereocenters. The molecule has 7 aromatic rings. The van der Waals surface area contributed by atoms with E-state index in [4.69, 9.17) is 4.98 Å². The van der Waals surface area contributed by atoms with E-state index in [1.54, 1.807) is 6.20 Å². The van der Waals surface area contributed by atoms with Gasteiger partial charge in [-0.1, -0.05) is 56.3 Å². The van der Waals surface area contributed by atoms with E-state index in [9.17, 15) is 13.2 Å². The second kappa shape index (κ2) is 6.85. The highest BCUT2D eigenvalue weighted by Gasteiger charge is 2.34. The Hall–Kier alpha value is -3.86. The molecule has 2 nitrogen and oxygen atoms in total. The highest BCUT2D eigenvalue weighted by molar-refractivity contribution is 6.29. The van der Waals surface area contributed by atoms with Crippen molar-refractivity contribution < 1.29 is 13.2 Å². The van der Waals surface area contributed by atoms with Gasteiger partial charge in [0.25, 0.3) is 0 Å². The Labute approximate surface area is 198 Å². The predicted octanol–water partition coefficient (Wildman–Crippen LogP) is 8.76. The smallest absolute Gasteiger partial charge is 0.308 e. The quantitative estimate of drug-likeness (QED) is 0.184. The van der Waals surface area contributed by atoms with Crippen LogP contribution in [0.5, 0.6) is 0 Å². The van der Waals surface area contributed by atoms with Gasteiger partial charge in [0.1, 0.15) is 0 Å². The third kappa shape index (κ3) is 2.69. The first kappa shape index (κ1) is 20.5. The van der Waals surface area contributed by atoms with Crippen LogP contribution in [0.3, 0.4) is 0 Å². The van der Waals surface area contributed by atoms with Gasteiger partial charge in [-0.25, -0.2) is 0 Å². The number of alkyl halides is 3. The van der Waals surface area contributed by atoms with Crippen molar-refractivity contribution >= 4 is 59.8 Å². The van der Waals surface area contributed by atoms with Gasteiger partial charge in [-0.05, 0) is 58.3 Å². The lowest BCUT2D eigenvalue weighted by Crippen LogP contribution is -2.05. The Kier molecular flexibility index (Phi) is 4.01. The molecular formula is C30H21F3N2. The van der Waals surface area contributed by atoms with Gasteiger partial charge in [0.2, 0.25) is 0 Å². The molecule has 4 aromatic carbocycles. The van der Waals surface area contributed by atoms with E-state index in [2.05, 4.69) is 36.4 Å². The number of nitrogens with zero attached hydrogens (tertiary/aromatic N) is 2. The summed E-state index contributed by atoms with van der Waals surface area (Å²) in [6.07, 6.45) is -1.85. The molecule has 35 heavy (non-hydrogen) atoms. The monoisotopic (exact) mass is 466 g/mol. The summed E-state index contributed by atoms with van der Waals surface area (Å²) < 4.78 is 44.7. The summed E-state index contributed by atoms with van der Waals surface area (Å²) in [6, 6.07) is 20.6. The van der Waals surface area contributed by atoms with Gasteiger partial charge in [0.15, 0.2) is 0 Å². The Morgan fingerprint density at radius 2 is 1.63 bits per heavy atom. The van der Waals surface area contributed by atoms with Gasteiger partial charge in [0.05, 0.1) is 27.6 Å². The average Bonchev–Trinajstić information content (AvgIpc) is 3.17. The van der Waals surface area contributed by atoms with Crippen LogP contribution in [0.4, 0.5) is 13.2 Å². The fourth-order valence-corrected chi connectivity index (χ4v) is 5.95. The van der Waals surface area contributed by atoms with E-state index in [1.165, 1.54) is 12.1 Å². The van der Waals surface area contributed by atoms with Crippen molar-refractivity contribution in [3.8, 4) is 0 Å². The summed E-state index contributed by atoms with van der Waals surface area (Å²) in [5, 5.41) is 5.97. The SMILES string of the molecule is CC(C)Cc1c2ccccc2cc2c3nccc4ccc5c6c(C(F)(F)F)cccc6n(c12)c5c43. The molecule has 0 N–H and O–H groups in total. The third-order valence-corrected chi connectivity index (χ3v) is 7.20. The number of aromatic nitrogens is 2. The molecule has 0 aliphatic rings. The number of fused-ring (bicyclic) bond motifs is 7. The summed E-state index contributed by atoms with van der Waals surface area (Å²) in [7, 11) is 0. The standard InChI is InChI=1S/C30H21F3N2/c1-16(2)14-21-19-7-4-3-6-18(19)15-22-27-25-17(12-13-34-27)10-11-20-26-23(30(31,32)33)8-5-9-24(26)35(28(21)22)29(20)25/h3-13,15-16H,14H2,1-2H3. The average molecular weight is 467 g/mol. The van der Waals surface area contributed by atoms with Gasteiger partial charge in [-0.2, -0.15) is 13.2 Å².